The zero-order valence-electron chi connectivity index (χ0n) is 25.2. The fourth-order valence-corrected chi connectivity index (χ4v) is 8.03. The summed E-state index contributed by atoms with van der Waals surface area (Å²) in [5.41, 5.74) is 3.96. The van der Waals surface area contributed by atoms with Gasteiger partial charge in [0, 0.05) is 31.7 Å². The standard InChI is InChI=1S/C36H41N3O4S/c1-29-14-11-12-22-35(29)39(44(42,43)34-20-9-4-10-21-34)33-23-25-38(36(40)41)32(26-33)19-13-24-37(27-30-15-5-2-6-16-30)28-31-17-7-3-8-18-31/h2-12,14-18,20-22,32-33H,13,19,23-28H2,1H3,(H,40,41)/t32-,33-/m0/s1. The summed E-state index contributed by atoms with van der Waals surface area (Å²) in [4.78, 5) is 16.5. The number of anilines is 1. The zero-order valence-corrected chi connectivity index (χ0v) is 26.0. The third kappa shape index (κ3) is 7.68. The summed E-state index contributed by atoms with van der Waals surface area (Å²) in [6, 6.07) is 36.1. The molecule has 230 valence electrons. The van der Waals surface area contributed by atoms with Crippen LogP contribution in [-0.4, -0.2) is 54.6 Å². The number of amides is 1. The molecule has 0 aliphatic carbocycles. The number of sulfonamides is 1. The van der Waals surface area contributed by atoms with Gasteiger partial charge in [0.05, 0.1) is 10.6 Å². The summed E-state index contributed by atoms with van der Waals surface area (Å²) in [7, 11) is -3.88. The highest BCUT2D eigenvalue weighted by molar-refractivity contribution is 7.92. The summed E-state index contributed by atoms with van der Waals surface area (Å²) in [6.45, 7) is 4.59. The summed E-state index contributed by atoms with van der Waals surface area (Å²) in [5, 5.41) is 10.1. The highest BCUT2D eigenvalue weighted by atomic mass is 32.2. The Balaban J connectivity index is 1.36. The number of piperidine rings is 1. The molecule has 1 aliphatic rings. The van der Waals surface area contributed by atoms with E-state index in [-0.39, 0.29) is 23.5 Å². The molecule has 0 radical (unpaired) electrons. The lowest BCUT2D eigenvalue weighted by Gasteiger charge is -2.43. The van der Waals surface area contributed by atoms with Gasteiger partial charge in [0.2, 0.25) is 0 Å². The van der Waals surface area contributed by atoms with Crippen molar-refractivity contribution in [3.05, 3.63) is 132 Å². The molecule has 0 unspecified atom stereocenters. The van der Waals surface area contributed by atoms with Gasteiger partial charge in [-0.2, -0.15) is 0 Å². The number of para-hydroxylation sites is 1. The van der Waals surface area contributed by atoms with Crippen molar-refractivity contribution in [3.8, 4) is 0 Å². The van der Waals surface area contributed by atoms with Gasteiger partial charge >= 0.3 is 6.09 Å². The van der Waals surface area contributed by atoms with Crippen molar-refractivity contribution < 1.29 is 18.3 Å². The maximum atomic E-state index is 14.1. The van der Waals surface area contributed by atoms with Crippen molar-refractivity contribution in [2.24, 2.45) is 0 Å². The van der Waals surface area contributed by atoms with Crippen LogP contribution in [0.15, 0.2) is 120 Å². The quantitative estimate of drug-likeness (QED) is 0.184. The van der Waals surface area contributed by atoms with E-state index in [1.807, 2.05) is 67.6 Å². The van der Waals surface area contributed by atoms with Gasteiger partial charge in [-0.1, -0.05) is 97.1 Å². The van der Waals surface area contributed by atoms with Crippen LogP contribution in [0.25, 0.3) is 0 Å². The Kier molecular flexibility index (Phi) is 10.4. The van der Waals surface area contributed by atoms with Gasteiger partial charge in [-0.3, -0.25) is 9.21 Å². The number of carboxylic acid groups (broad SMARTS) is 1. The Hall–Kier alpha value is -4.14. The van der Waals surface area contributed by atoms with E-state index in [1.165, 1.54) is 16.0 Å². The van der Waals surface area contributed by atoms with E-state index in [0.717, 1.165) is 31.6 Å². The van der Waals surface area contributed by atoms with E-state index in [4.69, 9.17) is 0 Å². The van der Waals surface area contributed by atoms with Crippen molar-refractivity contribution in [3.63, 3.8) is 0 Å². The Morgan fingerprint density at radius 2 is 1.36 bits per heavy atom. The van der Waals surface area contributed by atoms with Gasteiger partial charge in [-0.15, -0.1) is 0 Å². The van der Waals surface area contributed by atoms with Crippen LogP contribution < -0.4 is 4.31 Å². The maximum Gasteiger partial charge on any atom is 0.407 e. The van der Waals surface area contributed by atoms with Crippen LogP contribution in [-0.2, 0) is 23.1 Å². The van der Waals surface area contributed by atoms with Crippen molar-refractivity contribution >= 4 is 21.8 Å². The van der Waals surface area contributed by atoms with E-state index >= 15 is 0 Å². The predicted molar refractivity (Wildman–Crippen MR) is 175 cm³/mol. The molecular weight excluding hydrogens is 570 g/mol. The normalized spacial score (nSPS) is 17.0. The molecule has 0 saturated carbocycles. The van der Waals surface area contributed by atoms with Crippen LogP contribution in [0.1, 0.15) is 42.4 Å². The second-order valence-electron chi connectivity index (χ2n) is 11.5. The molecule has 1 amide bonds. The highest BCUT2D eigenvalue weighted by Crippen LogP contribution is 2.35. The number of rotatable bonds is 12. The van der Waals surface area contributed by atoms with E-state index in [1.54, 1.807) is 34.6 Å². The lowest BCUT2D eigenvalue weighted by Crippen LogP contribution is -2.53. The molecule has 0 bridgehead atoms. The Labute approximate surface area is 261 Å². The van der Waals surface area contributed by atoms with Crippen molar-refractivity contribution in [1.29, 1.82) is 0 Å². The fraction of sp³-hybridized carbons (Fsp3) is 0.306. The van der Waals surface area contributed by atoms with Gasteiger partial charge in [-0.05, 0) is 74.0 Å². The van der Waals surface area contributed by atoms with Crippen LogP contribution in [0.3, 0.4) is 0 Å². The van der Waals surface area contributed by atoms with Crippen LogP contribution in [0.4, 0.5) is 10.5 Å². The molecule has 1 heterocycles. The summed E-state index contributed by atoms with van der Waals surface area (Å²) < 4.78 is 29.8. The first-order chi connectivity index (χ1) is 21.3. The third-order valence-electron chi connectivity index (χ3n) is 8.43. The summed E-state index contributed by atoms with van der Waals surface area (Å²) in [5.74, 6) is 0. The predicted octanol–water partition coefficient (Wildman–Crippen LogP) is 7.18. The van der Waals surface area contributed by atoms with Crippen molar-refractivity contribution in [1.82, 2.24) is 9.80 Å². The molecule has 0 spiro atoms. The largest absolute Gasteiger partial charge is 0.465 e. The summed E-state index contributed by atoms with van der Waals surface area (Å²) >= 11 is 0. The van der Waals surface area contributed by atoms with E-state index in [9.17, 15) is 18.3 Å². The molecule has 4 aromatic rings. The number of hydrogen-bond acceptors (Lipinski definition) is 4. The van der Waals surface area contributed by atoms with Gasteiger partial charge < -0.3 is 10.0 Å². The molecule has 4 aromatic carbocycles. The van der Waals surface area contributed by atoms with E-state index in [0.29, 0.717) is 24.9 Å². The van der Waals surface area contributed by atoms with Gasteiger partial charge in [0.25, 0.3) is 10.0 Å². The number of likely N-dealkylation sites (tertiary alicyclic amines) is 1. The van der Waals surface area contributed by atoms with Crippen LogP contribution in [0.2, 0.25) is 0 Å². The summed E-state index contributed by atoms with van der Waals surface area (Å²) in [6.07, 6.45) is 1.35. The minimum Gasteiger partial charge on any atom is -0.465 e. The average Bonchev–Trinajstić information content (AvgIpc) is 3.03. The molecule has 2 atom stereocenters. The number of hydrogen-bond donors (Lipinski definition) is 1. The van der Waals surface area contributed by atoms with E-state index in [2.05, 4.69) is 29.2 Å². The Morgan fingerprint density at radius 3 is 1.93 bits per heavy atom. The first-order valence-corrected chi connectivity index (χ1v) is 16.7. The molecule has 1 N–H and O–H groups in total. The molecule has 1 saturated heterocycles. The second-order valence-corrected chi connectivity index (χ2v) is 13.3. The minimum atomic E-state index is -3.88. The smallest absolute Gasteiger partial charge is 0.407 e. The van der Waals surface area contributed by atoms with E-state index < -0.39 is 16.1 Å². The van der Waals surface area contributed by atoms with Crippen LogP contribution in [0, 0.1) is 6.92 Å². The number of nitrogens with zero attached hydrogens (tertiary/aromatic N) is 3. The Bertz CT molecular complexity index is 1560. The number of aryl methyl sites for hydroxylation is 1. The lowest BCUT2D eigenvalue weighted by atomic mass is 9.93. The first-order valence-electron chi connectivity index (χ1n) is 15.3. The second kappa shape index (κ2) is 14.6. The molecule has 1 aliphatic heterocycles. The highest BCUT2D eigenvalue weighted by Gasteiger charge is 2.39. The average molecular weight is 612 g/mol. The first kappa shape index (κ1) is 31.3. The van der Waals surface area contributed by atoms with Gasteiger partial charge in [0.15, 0.2) is 0 Å². The molecule has 1 fully saturated rings. The van der Waals surface area contributed by atoms with Gasteiger partial charge in [-0.25, -0.2) is 13.2 Å². The lowest BCUT2D eigenvalue weighted by molar-refractivity contribution is 0.0957. The van der Waals surface area contributed by atoms with Crippen molar-refractivity contribution in [2.75, 3.05) is 17.4 Å². The van der Waals surface area contributed by atoms with Crippen LogP contribution >= 0.6 is 0 Å². The topological polar surface area (TPSA) is 81.2 Å². The zero-order chi connectivity index (χ0) is 30.9. The van der Waals surface area contributed by atoms with Crippen molar-refractivity contribution in [2.45, 2.75) is 62.7 Å². The number of benzene rings is 4. The minimum absolute atomic E-state index is 0.234. The molecule has 8 heteroatoms. The molecule has 5 rings (SSSR count). The van der Waals surface area contributed by atoms with Crippen LogP contribution in [0.5, 0.6) is 0 Å². The molecule has 0 aromatic heterocycles. The SMILES string of the molecule is Cc1ccccc1N([C@H]1CCN(C(=O)O)[C@@H](CCCN(Cc2ccccc2)Cc2ccccc2)C1)S(=O)(=O)c1ccccc1. The Morgan fingerprint density at radius 1 is 0.818 bits per heavy atom. The third-order valence-corrected chi connectivity index (χ3v) is 10.3. The molecule has 7 nitrogen and oxygen atoms in total. The maximum absolute atomic E-state index is 14.1. The monoisotopic (exact) mass is 611 g/mol. The molecule has 44 heavy (non-hydrogen) atoms. The fourth-order valence-electron chi connectivity index (χ4n) is 6.26. The van der Waals surface area contributed by atoms with Gasteiger partial charge in [0.1, 0.15) is 0 Å². The molecular formula is C36H41N3O4S. The number of carbonyl (C=O) groups is 1.